The van der Waals surface area contributed by atoms with E-state index in [-0.39, 0.29) is 11.3 Å². The number of nitrogens with one attached hydrogen (secondary N) is 1. The van der Waals surface area contributed by atoms with Crippen molar-refractivity contribution in [2.75, 3.05) is 5.32 Å². The van der Waals surface area contributed by atoms with E-state index in [0.29, 0.717) is 27.3 Å². The van der Waals surface area contributed by atoms with Crippen LogP contribution in [0.5, 0.6) is 10.9 Å². The summed E-state index contributed by atoms with van der Waals surface area (Å²) in [5.41, 5.74) is 2.16. The molecule has 152 valence electrons. The Hall–Kier alpha value is -2.87. The molecule has 0 radical (unpaired) electrons. The molecule has 0 bridgehead atoms. The van der Waals surface area contributed by atoms with Crippen LogP contribution in [-0.4, -0.2) is 16.1 Å². The number of aromatic nitrogens is 2. The first kappa shape index (κ1) is 20.4. The zero-order chi connectivity index (χ0) is 21.1. The standard InChI is InChI=1S/C21H15Cl2N3O3S/c1-12(13-9-18(22)26-19(23)10-13)28-15-7-8-16-17(11-15)30-21(25-16)29-20(27)24-14-5-3-2-4-6-14/h2-12H,1H3,(H,24,27). The van der Waals surface area contributed by atoms with Gasteiger partial charge in [0.2, 0.25) is 0 Å². The fourth-order valence-electron chi connectivity index (χ4n) is 2.74. The van der Waals surface area contributed by atoms with Crippen LogP contribution in [0.15, 0.2) is 60.7 Å². The molecule has 0 fully saturated rings. The highest BCUT2D eigenvalue weighted by Crippen LogP contribution is 2.33. The van der Waals surface area contributed by atoms with Gasteiger partial charge in [0.25, 0.3) is 5.19 Å². The molecule has 0 aliphatic rings. The lowest BCUT2D eigenvalue weighted by molar-refractivity contribution is 0.215. The summed E-state index contributed by atoms with van der Waals surface area (Å²) in [7, 11) is 0. The van der Waals surface area contributed by atoms with Crippen molar-refractivity contribution in [1.29, 1.82) is 0 Å². The minimum Gasteiger partial charge on any atom is -0.486 e. The summed E-state index contributed by atoms with van der Waals surface area (Å²) < 4.78 is 12.1. The molecule has 1 unspecified atom stereocenters. The molecule has 2 aromatic carbocycles. The molecule has 30 heavy (non-hydrogen) atoms. The second-order valence-corrected chi connectivity index (χ2v) is 8.06. The number of hydrogen-bond donors (Lipinski definition) is 1. The van der Waals surface area contributed by atoms with Crippen LogP contribution in [-0.2, 0) is 0 Å². The third kappa shape index (κ3) is 4.99. The number of amides is 1. The second kappa shape index (κ2) is 8.87. The Morgan fingerprint density at radius 3 is 2.50 bits per heavy atom. The van der Waals surface area contributed by atoms with E-state index < -0.39 is 6.09 Å². The van der Waals surface area contributed by atoms with Gasteiger partial charge in [0.05, 0.1) is 10.2 Å². The van der Waals surface area contributed by atoms with E-state index in [2.05, 4.69) is 15.3 Å². The van der Waals surface area contributed by atoms with E-state index in [1.54, 1.807) is 30.3 Å². The van der Waals surface area contributed by atoms with Crippen LogP contribution in [0.25, 0.3) is 10.2 Å². The number of pyridine rings is 1. The molecule has 2 heterocycles. The third-order valence-electron chi connectivity index (χ3n) is 4.11. The maximum Gasteiger partial charge on any atom is 0.419 e. The number of carbonyl (C=O) groups excluding carboxylic acids is 1. The minimum atomic E-state index is -0.600. The number of halogens is 2. The van der Waals surface area contributed by atoms with Crippen LogP contribution in [0, 0.1) is 0 Å². The Morgan fingerprint density at radius 2 is 1.77 bits per heavy atom. The monoisotopic (exact) mass is 459 g/mol. The van der Waals surface area contributed by atoms with E-state index in [1.807, 2.05) is 37.3 Å². The highest BCUT2D eigenvalue weighted by Gasteiger charge is 2.14. The molecule has 0 aliphatic carbocycles. The van der Waals surface area contributed by atoms with E-state index in [9.17, 15) is 4.79 Å². The van der Waals surface area contributed by atoms with Crippen molar-refractivity contribution in [3.8, 4) is 10.9 Å². The first-order valence-corrected chi connectivity index (χ1v) is 10.5. The van der Waals surface area contributed by atoms with Gasteiger partial charge in [0.1, 0.15) is 22.2 Å². The average Bonchev–Trinajstić information content (AvgIpc) is 3.09. The van der Waals surface area contributed by atoms with Gasteiger partial charge in [-0.15, -0.1) is 0 Å². The van der Waals surface area contributed by atoms with Gasteiger partial charge in [0.15, 0.2) is 0 Å². The molecule has 4 rings (SSSR count). The van der Waals surface area contributed by atoms with Crippen molar-refractivity contribution >= 4 is 56.5 Å². The molecule has 1 amide bonds. The summed E-state index contributed by atoms with van der Waals surface area (Å²) in [5, 5.41) is 3.51. The number of hydrogen-bond acceptors (Lipinski definition) is 6. The molecule has 1 atom stereocenters. The Kier molecular flexibility index (Phi) is 6.03. The van der Waals surface area contributed by atoms with Crippen LogP contribution < -0.4 is 14.8 Å². The first-order chi connectivity index (χ1) is 14.5. The summed E-state index contributed by atoms with van der Waals surface area (Å²) >= 11 is 13.2. The summed E-state index contributed by atoms with van der Waals surface area (Å²) in [6.45, 7) is 1.89. The summed E-state index contributed by atoms with van der Waals surface area (Å²) in [6.07, 6.45) is -0.891. The van der Waals surface area contributed by atoms with Crippen molar-refractivity contribution in [2.24, 2.45) is 0 Å². The highest BCUT2D eigenvalue weighted by molar-refractivity contribution is 7.20. The number of carbonyl (C=O) groups is 1. The van der Waals surface area contributed by atoms with E-state index in [1.165, 1.54) is 11.3 Å². The van der Waals surface area contributed by atoms with Crippen molar-refractivity contribution in [2.45, 2.75) is 13.0 Å². The second-order valence-electron chi connectivity index (χ2n) is 6.30. The molecule has 0 aliphatic heterocycles. The fourth-order valence-corrected chi connectivity index (χ4v) is 4.06. The van der Waals surface area contributed by atoms with Crippen LogP contribution >= 0.6 is 34.5 Å². The molecule has 0 spiro atoms. The molecule has 1 N–H and O–H groups in total. The maximum absolute atomic E-state index is 12.1. The number of anilines is 1. The number of para-hydroxylation sites is 1. The van der Waals surface area contributed by atoms with Gasteiger partial charge in [-0.25, -0.2) is 14.8 Å². The summed E-state index contributed by atoms with van der Waals surface area (Å²) in [6, 6.07) is 17.9. The van der Waals surface area contributed by atoms with Gasteiger partial charge in [-0.2, -0.15) is 0 Å². The topological polar surface area (TPSA) is 73.3 Å². The number of benzene rings is 2. The maximum atomic E-state index is 12.1. The Morgan fingerprint density at radius 1 is 1.03 bits per heavy atom. The lowest BCUT2D eigenvalue weighted by atomic mass is 10.2. The summed E-state index contributed by atoms with van der Waals surface area (Å²) in [4.78, 5) is 20.3. The predicted octanol–water partition coefficient (Wildman–Crippen LogP) is 6.75. The fraction of sp³-hybridized carbons (Fsp3) is 0.0952. The lowest BCUT2D eigenvalue weighted by Gasteiger charge is -2.15. The number of rotatable bonds is 5. The van der Waals surface area contributed by atoms with E-state index in [4.69, 9.17) is 32.7 Å². The van der Waals surface area contributed by atoms with Crippen LogP contribution in [0.2, 0.25) is 10.3 Å². The van der Waals surface area contributed by atoms with Gasteiger partial charge in [-0.3, -0.25) is 5.32 Å². The summed E-state index contributed by atoms with van der Waals surface area (Å²) in [5.74, 6) is 0.642. The normalized spacial score (nSPS) is 11.8. The van der Waals surface area contributed by atoms with E-state index in [0.717, 1.165) is 10.3 Å². The number of nitrogens with zero attached hydrogens (tertiary/aromatic N) is 2. The van der Waals surface area contributed by atoms with Crippen molar-refractivity contribution in [1.82, 2.24) is 9.97 Å². The predicted molar refractivity (Wildman–Crippen MR) is 119 cm³/mol. The Bertz CT molecular complexity index is 1180. The molecule has 2 aromatic heterocycles. The zero-order valence-electron chi connectivity index (χ0n) is 15.6. The van der Waals surface area contributed by atoms with Gasteiger partial charge in [0, 0.05) is 5.69 Å². The van der Waals surface area contributed by atoms with Gasteiger partial charge >= 0.3 is 6.09 Å². The zero-order valence-corrected chi connectivity index (χ0v) is 18.0. The van der Waals surface area contributed by atoms with Gasteiger partial charge in [-0.1, -0.05) is 52.7 Å². The van der Waals surface area contributed by atoms with Crippen molar-refractivity contribution in [3.05, 3.63) is 76.5 Å². The number of thiazole rings is 1. The van der Waals surface area contributed by atoms with Crippen LogP contribution in [0.4, 0.5) is 10.5 Å². The average molecular weight is 460 g/mol. The molecular formula is C21H15Cl2N3O3S. The SMILES string of the molecule is CC(Oc1ccc2nc(OC(=O)Nc3ccccc3)sc2c1)c1cc(Cl)nc(Cl)c1. The van der Waals surface area contributed by atoms with Crippen molar-refractivity contribution in [3.63, 3.8) is 0 Å². The lowest BCUT2D eigenvalue weighted by Crippen LogP contribution is -2.16. The number of fused-ring (bicyclic) bond motifs is 1. The highest BCUT2D eigenvalue weighted by atomic mass is 35.5. The smallest absolute Gasteiger partial charge is 0.419 e. The molecule has 4 aromatic rings. The molecule has 9 heteroatoms. The number of ether oxygens (including phenoxy) is 2. The molecule has 0 saturated carbocycles. The van der Waals surface area contributed by atoms with Crippen LogP contribution in [0.3, 0.4) is 0 Å². The molecule has 6 nitrogen and oxygen atoms in total. The third-order valence-corrected chi connectivity index (χ3v) is 5.39. The van der Waals surface area contributed by atoms with Crippen LogP contribution in [0.1, 0.15) is 18.6 Å². The van der Waals surface area contributed by atoms with Crippen molar-refractivity contribution < 1.29 is 14.3 Å². The van der Waals surface area contributed by atoms with Gasteiger partial charge < -0.3 is 9.47 Å². The van der Waals surface area contributed by atoms with E-state index >= 15 is 0 Å². The van der Waals surface area contributed by atoms with Gasteiger partial charge in [-0.05, 0) is 55.0 Å². The first-order valence-electron chi connectivity index (χ1n) is 8.90. The molecule has 0 saturated heterocycles. The largest absolute Gasteiger partial charge is 0.486 e. The quantitative estimate of drug-likeness (QED) is 0.334. The Labute approximate surface area is 186 Å². The molecular weight excluding hydrogens is 445 g/mol. The minimum absolute atomic E-state index is 0.247. The Balaban J connectivity index is 1.46.